The molecule has 2 heterocycles. The lowest BCUT2D eigenvalue weighted by atomic mass is 9.79. The minimum absolute atomic E-state index is 0.0106. The average molecular weight is 701 g/mol. The van der Waals surface area contributed by atoms with E-state index in [0.29, 0.717) is 11.8 Å². The van der Waals surface area contributed by atoms with Crippen LogP contribution in [0.25, 0.3) is 23.0 Å². The van der Waals surface area contributed by atoms with Crippen LogP contribution in [0, 0.1) is 23.2 Å². The first-order valence-electron chi connectivity index (χ1n) is 19.0. The van der Waals surface area contributed by atoms with E-state index >= 15 is 0 Å². The summed E-state index contributed by atoms with van der Waals surface area (Å²) in [4.78, 5) is 0. The van der Waals surface area contributed by atoms with Crippen LogP contribution in [0.1, 0.15) is 54.9 Å². The van der Waals surface area contributed by atoms with Gasteiger partial charge in [0.15, 0.2) is 0 Å². The highest BCUT2D eigenvalue weighted by Gasteiger charge is 2.60. The summed E-state index contributed by atoms with van der Waals surface area (Å²) in [6.07, 6.45) is 18.4. The Bertz CT molecular complexity index is 1960. The predicted octanol–water partition coefficient (Wildman–Crippen LogP) is 11.5. The number of ether oxygens (including phenoxy) is 4. The van der Waals surface area contributed by atoms with Crippen LogP contribution in [0.15, 0.2) is 169 Å². The van der Waals surface area contributed by atoms with Gasteiger partial charge in [-0.05, 0) is 79.9 Å². The molecule has 268 valence electrons. The molecule has 0 saturated heterocycles. The molecule has 6 atom stereocenters. The van der Waals surface area contributed by atoms with Gasteiger partial charge in [-0.2, -0.15) is 0 Å². The molecule has 4 aromatic rings. The van der Waals surface area contributed by atoms with Gasteiger partial charge < -0.3 is 18.9 Å². The van der Waals surface area contributed by atoms with Gasteiger partial charge in [0.25, 0.3) is 0 Å². The molecular weight excluding hydrogens is 653 g/mol. The van der Waals surface area contributed by atoms with Gasteiger partial charge in [0.05, 0.1) is 12.2 Å². The van der Waals surface area contributed by atoms with E-state index in [-0.39, 0.29) is 23.5 Å². The highest BCUT2D eigenvalue weighted by molar-refractivity contribution is 5.78. The zero-order valence-electron chi connectivity index (χ0n) is 30.9. The van der Waals surface area contributed by atoms with E-state index in [4.69, 9.17) is 18.9 Å². The first kappa shape index (κ1) is 34.9. The topological polar surface area (TPSA) is 36.9 Å². The fraction of sp³-hybridized carbons (Fsp3) is 0.265. The molecule has 0 radical (unpaired) electrons. The van der Waals surface area contributed by atoms with Crippen molar-refractivity contribution in [2.24, 2.45) is 23.2 Å². The van der Waals surface area contributed by atoms with Gasteiger partial charge in [0.1, 0.15) is 23.0 Å². The Labute approximate surface area is 314 Å². The molecule has 8 rings (SSSR count). The number of benzene rings is 4. The molecule has 2 fully saturated rings. The van der Waals surface area contributed by atoms with Gasteiger partial charge in [-0.15, -0.1) is 0 Å². The fourth-order valence-electron chi connectivity index (χ4n) is 8.23. The van der Waals surface area contributed by atoms with Gasteiger partial charge in [0.2, 0.25) is 0 Å². The van der Waals surface area contributed by atoms with Crippen LogP contribution in [0.3, 0.4) is 0 Å². The molecule has 2 saturated carbocycles. The summed E-state index contributed by atoms with van der Waals surface area (Å²) in [6, 6.07) is 41.5. The lowest BCUT2D eigenvalue weighted by molar-refractivity contribution is 0.0281. The largest absolute Gasteiger partial charge is 0.456 e. The maximum atomic E-state index is 6.53. The third kappa shape index (κ3) is 7.81. The maximum absolute atomic E-state index is 6.53. The second-order valence-electron chi connectivity index (χ2n) is 14.9. The van der Waals surface area contributed by atoms with Crippen LogP contribution >= 0.6 is 0 Å². The van der Waals surface area contributed by atoms with E-state index in [0.717, 1.165) is 70.1 Å². The van der Waals surface area contributed by atoms with Crippen LogP contribution in [-0.2, 0) is 18.9 Å². The molecule has 53 heavy (non-hydrogen) atoms. The molecule has 4 heteroatoms. The number of allylic oxidation sites excluding steroid dienone is 7. The Morgan fingerprint density at radius 3 is 1.47 bits per heavy atom. The summed E-state index contributed by atoms with van der Waals surface area (Å²) in [5, 5.41) is 0. The number of hydrogen-bond acceptors (Lipinski definition) is 4. The molecule has 6 unspecified atom stereocenters. The van der Waals surface area contributed by atoms with Gasteiger partial charge in [-0.3, -0.25) is 0 Å². The monoisotopic (exact) mass is 700 g/mol. The summed E-state index contributed by atoms with van der Waals surface area (Å²) < 4.78 is 25.3. The summed E-state index contributed by atoms with van der Waals surface area (Å²) in [7, 11) is 3.70. The van der Waals surface area contributed by atoms with E-state index in [9.17, 15) is 0 Å². The van der Waals surface area contributed by atoms with Crippen LogP contribution in [0.4, 0.5) is 0 Å². The summed E-state index contributed by atoms with van der Waals surface area (Å²) in [6.45, 7) is 2.21. The quantitative estimate of drug-likeness (QED) is 0.139. The number of methoxy groups -OCH3 is 2. The van der Waals surface area contributed by atoms with E-state index < -0.39 is 0 Å². The van der Waals surface area contributed by atoms with Crippen molar-refractivity contribution in [2.75, 3.05) is 14.2 Å². The standard InChI is InChI=1S/C49H48O4/c1-34(50-2)43(27-36-30-46(39-20-12-6-13-21-39)53-47(31-36)40-22-14-7-15-23-40)49(33-48(49)51-3)25-24-41-32-42(41)26-35-28-44(37-16-8-4-9-17-37)52-45(29-35)38-18-10-5-11-19-38/h4-23,26-31,34,41-43,48H,24-25,32-33H2,1-3H3. The van der Waals surface area contributed by atoms with Crippen molar-refractivity contribution in [2.45, 2.75) is 44.8 Å². The average Bonchev–Trinajstić information content (AvgIpc) is 4.15. The molecule has 0 bridgehead atoms. The minimum Gasteiger partial charge on any atom is -0.456 e. The van der Waals surface area contributed by atoms with Crippen LogP contribution in [-0.4, -0.2) is 26.4 Å². The van der Waals surface area contributed by atoms with Gasteiger partial charge >= 0.3 is 0 Å². The molecule has 2 aliphatic carbocycles. The SMILES string of the molecule is COC(C)C(C=C1C=C(c2ccccc2)OC(c2ccccc2)=C1)C1(CCC2CC2C=C2C=C(c3ccccc3)OC(c3ccccc3)=C2)CC1OC. The van der Waals surface area contributed by atoms with Crippen molar-refractivity contribution in [3.63, 3.8) is 0 Å². The van der Waals surface area contributed by atoms with Gasteiger partial charge in [0, 0.05) is 47.8 Å². The van der Waals surface area contributed by atoms with Gasteiger partial charge in [-0.25, -0.2) is 0 Å². The Hall–Kier alpha value is -5.16. The predicted molar refractivity (Wildman–Crippen MR) is 215 cm³/mol. The molecule has 2 aliphatic heterocycles. The van der Waals surface area contributed by atoms with E-state index in [1.165, 1.54) is 12.0 Å². The zero-order valence-corrected chi connectivity index (χ0v) is 30.9. The van der Waals surface area contributed by atoms with E-state index in [1.807, 2.05) is 38.5 Å². The van der Waals surface area contributed by atoms with Crippen LogP contribution in [0.5, 0.6) is 0 Å². The Balaban J connectivity index is 1.05. The molecule has 4 nitrogen and oxygen atoms in total. The van der Waals surface area contributed by atoms with Crippen LogP contribution in [0.2, 0.25) is 0 Å². The molecule has 4 aromatic carbocycles. The Morgan fingerprint density at radius 1 is 0.642 bits per heavy atom. The molecule has 0 amide bonds. The molecular formula is C49H48O4. The lowest BCUT2D eigenvalue weighted by Gasteiger charge is -2.31. The maximum Gasteiger partial charge on any atom is 0.135 e. The lowest BCUT2D eigenvalue weighted by Crippen LogP contribution is -2.30. The normalized spacial score (nSPS) is 24.3. The van der Waals surface area contributed by atoms with Crippen molar-refractivity contribution in [3.8, 4) is 0 Å². The van der Waals surface area contributed by atoms with Gasteiger partial charge in [-0.1, -0.05) is 133 Å². The molecule has 0 spiro atoms. The second-order valence-corrected chi connectivity index (χ2v) is 14.9. The van der Waals surface area contributed by atoms with Crippen molar-refractivity contribution >= 4 is 23.0 Å². The number of hydrogen-bond donors (Lipinski definition) is 0. The highest BCUT2D eigenvalue weighted by Crippen LogP contribution is 2.61. The highest BCUT2D eigenvalue weighted by atomic mass is 16.5. The van der Waals surface area contributed by atoms with Crippen molar-refractivity contribution in [3.05, 3.63) is 191 Å². The Morgan fingerprint density at radius 2 is 1.08 bits per heavy atom. The smallest absolute Gasteiger partial charge is 0.135 e. The second kappa shape index (κ2) is 15.4. The number of rotatable bonds is 13. The third-order valence-corrected chi connectivity index (χ3v) is 11.5. The fourth-order valence-corrected chi connectivity index (χ4v) is 8.23. The third-order valence-electron chi connectivity index (χ3n) is 11.5. The molecule has 0 aromatic heterocycles. The van der Waals surface area contributed by atoms with Crippen LogP contribution < -0.4 is 0 Å². The van der Waals surface area contributed by atoms with E-state index in [2.05, 4.69) is 140 Å². The Kier molecular flexibility index (Phi) is 10.2. The van der Waals surface area contributed by atoms with Crippen molar-refractivity contribution in [1.82, 2.24) is 0 Å². The minimum atomic E-state index is 0.0106. The van der Waals surface area contributed by atoms with Crippen molar-refractivity contribution < 1.29 is 18.9 Å². The summed E-state index contributed by atoms with van der Waals surface area (Å²) in [5.74, 6) is 4.85. The summed E-state index contributed by atoms with van der Waals surface area (Å²) >= 11 is 0. The molecule has 0 N–H and O–H groups in total. The first-order valence-corrected chi connectivity index (χ1v) is 19.0. The molecule has 4 aliphatic rings. The first-order chi connectivity index (χ1) is 26.0. The van der Waals surface area contributed by atoms with Crippen molar-refractivity contribution in [1.29, 1.82) is 0 Å². The van der Waals surface area contributed by atoms with E-state index in [1.54, 1.807) is 0 Å². The summed E-state index contributed by atoms with van der Waals surface area (Å²) in [5.41, 5.74) is 6.65. The zero-order chi connectivity index (χ0) is 36.2.